The number of aliphatic carboxylic acids is 1. The Kier molecular flexibility index (Phi) is 9.58. The number of nitrogens with zero attached hydrogens (tertiary/aromatic N) is 1. The van der Waals surface area contributed by atoms with Crippen molar-refractivity contribution in [3.63, 3.8) is 0 Å². The van der Waals surface area contributed by atoms with E-state index >= 15 is 0 Å². The molecule has 0 saturated heterocycles. The van der Waals surface area contributed by atoms with E-state index in [1.54, 1.807) is 42.5 Å². The molecule has 2 N–H and O–H groups in total. The first kappa shape index (κ1) is 27.0. The Balaban J connectivity index is 1.64. The number of rotatable bonds is 12. The maximum Gasteiger partial charge on any atom is 0.327 e. The van der Waals surface area contributed by atoms with Gasteiger partial charge < -0.3 is 9.66 Å². The average Bonchev–Trinajstić information content (AvgIpc) is 2.84. The minimum Gasteiger partial charge on any atom is -0.755 e. The van der Waals surface area contributed by atoms with Crippen LogP contribution in [0.2, 0.25) is 0 Å². The fourth-order valence-electron chi connectivity index (χ4n) is 3.51. The number of anilines is 1. The summed E-state index contributed by atoms with van der Waals surface area (Å²) in [5.74, 6) is -1.28. The number of carboxylic acids is 1. The molecule has 0 saturated carbocycles. The zero-order valence-electron chi connectivity index (χ0n) is 18.5. The number of unbranched alkanes of at least 4 members (excludes halogenated alkanes) is 1. The smallest absolute Gasteiger partial charge is 0.327 e. The number of carboxylic acid groups (broad SMARTS) is 1. The van der Waals surface area contributed by atoms with Crippen LogP contribution in [0.1, 0.15) is 19.3 Å². The normalized spacial score (nSPS) is 13.2. The van der Waals surface area contributed by atoms with E-state index in [0.717, 1.165) is 19.9 Å². The second-order valence-corrected chi connectivity index (χ2v) is 11.2. The highest BCUT2D eigenvalue weighted by Gasteiger charge is 2.27. The van der Waals surface area contributed by atoms with E-state index in [1.165, 1.54) is 12.1 Å². The highest BCUT2D eigenvalue weighted by atomic mass is 79.9. The van der Waals surface area contributed by atoms with Crippen LogP contribution in [0.4, 0.5) is 5.69 Å². The third-order valence-corrected chi connectivity index (χ3v) is 8.07. The largest absolute Gasteiger partial charge is 0.755 e. The summed E-state index contributed by atoms with van der Waals surface area (Å²) in [6, 6.07) is 20.8. The van der Waals surface area contributed by atoms with Crippen LogP contribution in [-0.2, 0) is 26.1 Å². The van der Waals surface area contributed by atoms with Crippen molar-refractivity contribution < 1.29 is 27.1 Å². The summed E-state index contributed by atoms with van der Waals surface area (Å²) < 4.78 is 52.7. The topological polar surface area (TPSA) is 127 Å². The quantitative estimate of drug-likeness (QED) is 0.243. The molecule has 2 unspecified atom stereocenters. The van der Waals surface area contributed by atoms with Crippen molar-refractivity contribution in [2.24, 2.45) is 0 Å². The minimum atomic E-state index is -3.66. The van der Waals surface area contributed by atoms with Gasteiger partial charge in [0.15, 0.2) is 0 Å². The Morgan fingerprint density at radius 1 is 0.971 bits per heavy atom. The average molecular weight is 581 g/mol. The van der Waals surface area contributed by atoms with Crippen LogP contribution < -0.4 is 9.03 Å². The van der Waals surface area contributed by atoms with Gasteiger partial charge in [0.1, 0.15) is 6.04 Å². The fraction of sp³-hybridized carbons (Fsp3) is 0.208. The van der Waals surface area contributed by atoms with E-state index in [0.29, 0.717) is 12.8 Å². The molecule has 3 aromatic carbocycles. The third-order valence-electron chi connectivity index (χ3n) is 5.28. The lowest BCUT2D eigenvalue weighted by Crippen LogP contribution is -2.42. The number of nitrogens with one attached hydrogen (secondary N) is 1. The monoisotopic (exact) mass is 579 g/mol. The SMILES string of the molecule is O=C(O)C(CCCCNS(=O)(=O)c1ccccc1)N(c1ccc(-c2ccc(Br)cc2)cc1)S(=O)[O-]. The molecule has 11 heteroatoms. The number of hydrogen-bond acceptors (Lipinski definition) is 5. The van der Waals surface area contributed by atoms with Crippen LogP contribution in [0, 0.1) is 0 Å². The van der Waals surface area contributed by atoms with Gasteiger partial charge in [-0.05, 0) is 66.8 Å². The molecule has 0 spiro atoms. The van der Waals surface area contributed by atoms with Crippen LogP contribution in [0.15, 0.2) is 88.2 Å². The van der Waals surface area contributed by atoms with Gasteiger partial charge in [-0.15, -0.1) is 0 Å². The molecule has 8 nitrogen and oxygen atoms in total. The van der Waals surface area contributed by atoms with Crippen LogP contribution in [0.3, 0.4) is 0 Å². The number of hydrogen-bond donors (Lipinski definition) is 2. The van der Waals surface area contributed by atoms with Crippen LogP contribution in [0.25, 0.3) is 11.1 Å². The molecule has 0 radical (unpaired) electrons. The predicted molar refractivity (Wildman–Crippen MR) is 138 cm³/mol. The molecule has 0 bridgehead atoms. The Hall–Kier alpha value is -2.57. The second kappa shape index (κ2) is 12.4. The molecule has 0 aliphatic heterocycles. The summed E-state index contributed by atoms with van der Waals surface area (Å²) in [5, 5.41) is 9.72. The lowest BCUT2D eigenvalue weighted by Gasteiger charge is -2.32. The standard InChI is InChI=1S/C24H25BrN2O6S2/c25-20-13-9-18(10-14-20)19-11-15-21(16-12-19)27(34(30)31)23(24(28)29)8-4-5-17-26-35(32,33)22-6-2-1-3-7-22/h1-3,6-7,9-16,23,26H,4-5,8,17H2,(H,28,29)(H,30,31)/p-1. The van der Waals surface area contributed by atoms with E-state index in [9.17, 15) is 27.1 Å². The summed E-state index contributed by atoms with van der Waals surface area (Å²) in [7, 11) is -3.66. The Morgan fingerprint density at radius 2 is 1.54 bits per heavy atom. The first-order valence-electron chi connectivity index (χ1n) is 10.7. The molecule has 0 amide bonds. The molecule has 0 fully saturated rings. The predicted octanol–water partition coefficient (Wildman–Crippen LogP) is 4.32. The molecule has 3 rings (SSSR count). The van der Waals surface area contributed by atoms with Gasteiger partial charge in [-0.25, -0.2) is 17.9 Å². The van der Waals surface area contributed by atoms with Crippen LogP contribution in [0.5, 0.6) is 0 Å². The third kappa shape index (κ3) is 7.45. The van der Waals surface area contributed by atoms with E-state index < -0.39 is 33.3 Å². The van der Waals surface area contributed by atoms with Crippen LogP contribution >= 0.6 is 15.9 Å². The maximum absolute atomic E-state index is 12.3. The Bertz CT molecular complexity index is 1250. The molecular formula is C24H24BrN2O6S2-. The molecular weight excluding hydrogens is 556 g/mol. The minimum absolute atomic E-state index is 0.0187. The maximum atomic E-state index is 12.3. The zero-order valence-corrected chi connectivity index (χ0v) is 21.8. The summed E-state index contributed by atoms with van der Waals surface area (Å²) in [6.07, 6.45) is 0.668. The van der Waals surface area contributed by atoms with Crippen molar-refractivity contribution >= 4 is 48.9 Å². The molecule has 35 heavy (non-hydrogen) atoms. The van der Waals surface area contributed by atoms with Gasteiger partial charge in [0.2, 0.25) is 10.0 Å². The van der Waals surface area contributed by atoms with E-state index in [2.05, 4.69) is 20.7 Å². The van der Waals surface area contributed by atoms with Gasteiger partial charge in [0, 0.05) is 28.0 Å². The summed E-state index contributed by atoms with van der Waals surface area (Å²) >= 11 is 0.560. The highest BCUT2D eigenvalue weighted by molar-refractivity contribution is 9.10. The fourth-order valence-corrected chi connectivity index (χ4v) is 5.56. The Labute approximate surface area is 215 Å². The summed E-state index contributed by atoms with van der Waals surface area (Å²) in [5.41, 5.74) is 2.02. The molecule has 3 aromatic rings. The molecule has 186 valence electrons. The molecule has 0 heterocycles. The van der Waals surface area contributed by atoms with Gasteiger partial charge in [0.05, 0.1) is 4.90 Å². The van der Waals surface area contributed by atoms with Crippen molar-refractivity contribution in [1.82, 2.24) is 4.72 Å². The zero-order chi connectivity index (χ0) is 25.4. The van der Waals surface area contributed by atoms with Gasteiger partial charge >= 0.3 is 5.97 Å². The summed E-state index contributed by atoms with van der Waals surface area (Å²) in [6.45, 7) is 0.103. The first-order chi connectivity index (χ1) is 16.7. The lowest BCUT2D eigenvalue weighted by atomic mass is 10.0. The van der Waals surface area contributed by atoms with Gasteiger partial charge in [-0.2, -0.15) is 0 Å². The highest BCUT2D eigenvalue weighted by Crippen LogP contribution is 2.27. The lowest BCUT2D eigenvalue weighted by molar-refractivity contribution is -0.138. The molecule has 0 aliphatic carbocycles. The molecule has 0 aliphatic rings. The molecule has 2 atom stereocenters. The van der Waals surface area contributed by atoms with E-state index in [4.69, 9.17) is 0 Å². The first-order valence-corrected chi connectivity index (χ1v) is 14.0. The Morgan fingerprint density at radius 3 is 2.09 bits per heavy atom. The number of carbonyl (C=O) groups is 1. The van der Waals surface area contributed by atoms with Crippen molar-refractivity contribution in [2.45, 2.75) is 30.2 Å². The number of benzene rings is 3. The summed E-state index contributed by atoms with van der Waals surface area (Å²) in [4.78, 5) is 12.1. The second-order valence-electron chi connectivity index (χ2n) is 7.66. The van der Waals surface area contributed by atoms with Crippen molar-refractivity contribution in [3.05, 3.63) is 83.3 Å². The van der Waals surface area contributed by atoms with Gasteiger partial charge in [-0.3, -0.25) is 8.51 Å². The number of halogens is 1. The van der Waals surface area contributed by atoms with Crippen molar-refractivity contribution in [3.8, 4) is 11.1 Å². The van der Waals surface area contributed by atoms with Gasteiger partial charge in [-0.1, -0.05) is 58.4 Å². The van der Waals surface area contributed by atoms with Crippen LogP contribution in [-0.4, -0.2) is 40.8 Å². The van der Waals surface area contributed by atoms with E-state index in [-0.39, 0.29) is 23.5 Å². The van der Waals surface area contributed by atoms with E-state index in [1.807, 2.05) is 24.3 Å². The van der Waals surface area contributed by atoms with Crippen molar-refractivity contribution in [1.29, 1.82) is 0 Å². The van der Waals surface area contributed by atoms with Crippen molar-refractivity contribution in [2.75, 3.05) is 10.8 Å². The number of sulfonamides is 1. The van der Waals surface area contributed by atoms with Gasteiger partial charge in [0.25, 0.3) is 0 Å². The molecule has 0 aromatic heterocycles.